The molecular weight excluding hydrogens is 238 g/mol. The van der Waals surface area contributed by atoms with Gasteiger partial charge in [-0.1, -0.05) is 17.7 Å². The van der Waals surface area contributed by atoms with E-state index < -0.39 is 0 Å². The Bertz CT molecular complexity index is 350. The van der Waals surface area contributed by atoms with Gasteiger partial charge in [0.2, 0.25) is 0 Å². The maximum Gasteiger partial charge on any atom is 0.0544 e. The fourth-order valence-electron chi connectivity index (χ4n) is 1.63. The van der Waals surface area contributed by atoms with Crippen LogP contribution in [0.15, 0.2) is 23.1 Å². The van der Waals surface area contributed by atoms with Gasteiger partial charge in [-0.15, -0.1) is 11.8 Å². The number of benzene rings is 1. The summed E-state index contributed by atoms with van der Waals surface area (Å²) >= 11 is 8.19. The van der Waals surface area contributed by atoms with Crippen molar-refractivity contribution in [3.05, 3.63) is 28.8 Å². The monoisotopic (exact) mass is 255 g/mol. The van der Waals surface area contributed by atoms with E-state index in [0.717, 1.165) is 36.1 Å². The third-order valence-electron chi connectivity index (χ3n) is 2.73. The van der Waals surface area contributed by atoms with Gasteiger partial charge in [0.1, 0.15) is 0 Å². The summed E-state index contributed by atoms with van der Waals surface area (Å²) in [6.45, 7) is 0.781. The molecule has 2 rings (SSSR count). The molecule has 2 N–H and O–H groups in total. The second-order valence-electron chi connectivity index (χ2n) is 4.33. The molecular formula is C13H18ClNS. The van der Waals surface area contributed by atoms with E-state index in [1.165, 1.54) is 23.3 Å². The first-order chi connectivity index (χ1) is 7.79. The lowest BCUT2D eigenvalue weighted by atomic mass is 10.1. The molecule has 0 amide bonds. The molecule has 1 aromatic carbocycles. The summed E-state index contributed by atoms with van der Waals surface area (Å²) in [6.07, 6.45) is 6.03. The summed E-state index contributed by atoms with van der Waals surface area (Å²) in [7, 11) is 0. The van der Waals surface area contributed by atoms with Gasteiger partial charge in [-0.2, -0.15) is 0 Å². The van der Waals surface area contributed by atoms with Crippen LogP contribution in [0.1, 0.15) is 31.2 Å². The lowest BCUT2D eigenvalue weighted by Crippen LogP contribution is -1.99. The maximum absolute atomic E-state index is 6.27. The van der Waals surface area contributed by atoms with E-state index in [1.807, 2.05) is 11.8 Å². The average molecular weight is 256 g/mol. The molecule has 1 nitrogen and oxygen atoms in total. The van der Waals surface area contributed by atoms with Gasteiger partial charge < -0.3 is 5.73 Å². The maximum atomic E-state index is 6.27. The molecule has 16 heavy (non-hydrogen) atoms. The van der Waals surface area contributed by atoms with Crippen molar-refractivity contribution in [3.63, 3.8) is 0 Å². The predicted molar refractivity (Wildman–Crippen MR) is 72.3 cm³/mol. The molecule has 0 heterocycles. The molecule has 0 radical (unpaired) electrons. The quantitative estimate of drug-likeness (QED) is 0.781. The Hall–Kier alpha value is -0.180. The van der Waals surface area contributed by atoms with Crippen molar-refractivity contribution in [1.82, 2.24) is 0 Å². The highest BCUT2D eigenvalue weighted by Gasteiger charge is 2.23. The number of halogens is 1. The van der Waals surface area contributed by atoms with Crippen LogP contribution >= 0.6 is 23.4 Å². The van der Waals surface area contributed by atoms with Crippen molar-refractivity contribution in [1.29, 1.82) is 0 Å². The van der Waals surface area contributed by atoms with Crippen LogP contribution in [0.3, 0.4) is 0 Å². The van der Waals surface area contributed by atoms with Crippen molar-refractivity contribution >= 4 is 23.4 Å². The van der Waals surface area contributed by atoms with Gasteiger partial charge in [-0.05, 0) is 56.3 Å². The first-order valence-electron chi connectivity index (χ1n) is 5.95. The van der Waals surface area contributed by atoms with E-state index in [4.69, 9.17) is 17.3 Å². The molecule has 0 aromatic heterocycles. The molecule has 0 spiro atoms. The molecule has 1 fully saturated rings. The number of rotatable bonds is 6. The summed E-state index contributed by atoms with van der Waals surface area (Å²) in [6, 6.07) is 6.49. The molecule has 0 unspecified atom stereocenters. The molecule has 0 saturated heterocycles. The average Bonchev–Trinajstić information content (AvgIpc) is 3.06. The molecule has 1 saturated carbocycles. The molecule has 3 heteroatoms. The topological polar surface area (TPSA) is 26.0 Å². The van der Waals surface area contributed by atoms with Gasteiger partial charge >= 0.3 is 0 Å². The summed E-state index contributed by atoms with van der Waals surface area (Å²) < 4.78 is 0. The van der Waals surface area contributed by atoms with Crippen LogP contribution in [0, 0.1) is 0 Å². The number of aryl methyl sites for hydroxylation is 1. The van der Waals surface area contributed by atoms with E-state index in [0.29, 0.717) is 0 Å². The second-order valence-corrected chi connectivity index (χ2v) is 6.08. The van der Waals surface area contributed by atoms with Crippen molar-refractivity contribution in [2.75, 3.05) is 6.54 Å². The standard InChI is InChI=1S/C13H18ClNS/c14-12-9-10(3-1-2-8-15)4-7-13(12)16-11-5-6-11/h4,7,9,11H,1-3,5-6,8,15H2. The number of unbranched alkanes of at least 4 members (excludes halogenated alkanes) is 1. The first kappa shape index (κ1) is 12.3. The summed E-state index contributed by atoms with van der Waals surface area (Å²) in [5.41, 5.74) is 6.81. The zero-order valence-electron chi connectivity index (χ0n) is 9.42. The Labute approximate surface area is 107 Å². The molecule has 0 aliphatic heterocycles. The fourth-order valence-corrected chi connectivity index (χ4v) is 3.02. The second kappa shape index (κ2) is 5.95. The fraction of sp³-hybridized carbons (Fsp3) is 0.538. The molecule has 1 aromatic rings. The normalized spacial score (nSPS) is 15.4. The minimum Gasteiger partial charge on any atom is -0.330 e. The molecule has 0 atom stereocenters. The Kier molecular flexibility index (Phi) is 4.56. The minimum absolute atomic E-state index is 0.781. The van der Waals surface area contributed by atoms with Crippen molar-refractivity contribution in [2.24, 2.45) is 5.73 Å². The van der Waals surface area contributed by atoms with Crippen molar-refractivity contribution in [2.45, 2.75) is 42.2 Å². The highest BCUT2D eigenvalue weighted by Crippen LogP contribution is 2.41. The number of nitrogens with two attached hydrogens (primary N) is 1. The Morgan fingerprint density at radius 1 is 1.31 bits per heavy atom. The molecule has 88 valence electrons. The third kappa shape index (κ3) is 3.69. The third-order valence-corrected chi connectivity index (χ3v) is 4.57. The minimum atomic E-state index is 0.781. The van der Waals surface area contributed by atoms with E-state index in [1.54, 1.807) is 0 Å². The summed E-state index contributed by atoms with van der Waals surface area (Å²) in [5, 5.41) is 1.74. The first-order valence-corrected chi connectivity index (χ1v) is 7.20. The van der Waals surface area contributed by atoms with Crippen LogP contribution in [-0.2, 0) is 6.42 Å². The number of hydrogen-bond donors (Lipinski definition) is 1. The van der Waals surface area contributed by atoms with E-state index >= 15 is 0 Å². The Morgan fingerprint density at radius 3 is 2.75 bits per heavy atom. The van der Waals surface area contributed by atoms with Gasteiger partial charge in [-0.3, -0.25) is 0 Å². The SMILES string of the molecule is NCCCCc1ccc(SC2CC2)c(Cl)c1. The molecule has 1 aliphatic rings. The van der Waals surface area contributed by atoms with Gasteiger partial charge in [-0.25, -0.2) is 0 Å². The lowest BCUT2D eigenvalue weighted by Gasteiger charge is -2.06. The van der Waals surface area contributed by atoms with Crippen LogP contribution in [0.5, 0.6) is 0 Å². The largest absolute Gasteiger partial charge is 0.330 e. The van der Waals surface area contributed by atoms with Crippen LogP contribution in [0.2, 0.25) is 5.02 Å². The van der Waals surface area contributed by atoms with Crippen LogP contribution in [-0.4, -0.2) is 11.8 Å². The summed E-state index contributed by atoms with van der Waals surface area (Å²) in [4.78, 5) is 1.24. The smallest absolute Gasteiger partial charge is 0.0544 e. The predicted octanol–water partition coefficient (Wildman–Crippen LogP) is 3.88. The molecule has 0 bridgehead atoms. The van der Waals surface area contributed by atoms with Gasteiger partial charge in [0.15, 0.2) is 0 Å². The zero-order valence-corrected chi connectivity index (χ0v) is 11.0. The van der Waals surface area contributed by atoms with Crippen LogP contribution in [0.25, 0.3) is 0 Å². The Morgan fingerprint density at radius 2 is 2.12 bits per heavy atom. The van der Waals surface area contributed by atoms with Crippen LogP contribution < -0.4 is 5.73 Å². The number of hydrogen-bond acceptors (Lipinski definition) is 2. The van der Waals surface area contributed by atoms with Crippen LogP contribution in [0.4, 0.5) is 0 Å². The highest BCUT2D eigenvalue weighted by atomic mass is 35.5. The highest BCUT2D eigenvalue weighted by molar-refractivity contribution is 8.00. The van der Waals surface area contributed by atoms with E-state index in [9.17, 15) is 0 Å². The van der Waals surface area contributed by atoms with E-state index in [-0.39, 0.29) is 0 Å². The van der Waals surface area contributed by atoms with Crippen molar-refractivity contribution < 1.29 is 0 Å². The molecule has 1 aliphatic carbocycles. The van der Waals surface area contributed by atoms with E-state index in [2.05, 4.69) is 18.2 Å². The van der Waals surface area contributed by atoms with Gasteiger partial charge in [0.05, 0.1) is 5.02 Å². The van der Waals surface area contributed by atoms with Gasteiger partial charge in [0, 0.05) is 10.1 Å². The zero-order chi connectivity index (χ0) is 11.4. The lowest BCUT2D eigenvalue weighted by molar-refractivity contribution is 0.744. The number of thioether (sulfide) groups is 1. The Balaban J connectivity index is 1.92. The summed E-state index contributed by atoms with van der Waals surface area (Å²) in [5.74, 6) is 0. The van der Waals surface area contributed by atoms with Gasteiger partial charge in [0.25, 0.3) is 0 Å². The van der Waals surface area contributed by atoms with Crippen molar-refractivity contribution in [3.8, 4) is 0 Å².